The maximum absolute atomic E-state index is 13.3. The number of nitrogens with one attached hydrogen (secondary N) is 2. The molecule has 1 aliphatic heterocycles. The Hall–Kier alpha value is -4.16. The van der Waals surface area contributed by atoms with Crippen molar-refractivity contribution in [2.24, 2.45) is 0 Å². The molecule has 2 aromatic carbocycles. The van der Waals surface area contributed by atoms with Crippen molar-refractivity contribution in [3.05, 3.63) is 87.3 Å². The molecule has 11 heteroatoms. The molecule has 1 saturated heterocycles. The Morgan fingerprint density at radius 2 is 1.84 bits per heavy atom. The molecule has 0 radical (unpaired) electrons. The molecule has 0 spiro atoms. The number of carbonyl (C=O) groups excluding carboxylic acids is 1. The average molecular weight is 584 g/mol. The van der Waals surface area contributed by atoms with Gasteiger partial charge in [0.25, 0.3) is 5.91 Å². The summed E-state index contributed by atoms with van der Waals surface area (Å²) in [5.41, 5.74) is 7.60. The molecule has 3 heterocycles. The molecular weight excluding hydrogens is 546 g/mol. The number of aliphatic hydroxyl groups excluding tert-OH is 1. The highest BCUT2D eigenvalue weighted by molar-refractivity contribution is 5.96. The van der Waals surface area contributed by atoms with Crippen LogP contribution in [0.15, 0.2) is 59.7 Å². The van der Waals surface area contributed by atoms with Gasteiger partial charge in [0.15, 0.2) is 5.65 Å². The molecule has 1 aliphatic carbocycles. The van der Waals surface area contributed by atoms with Crippen LogP contribution in [0.3, 0.4) is 0 Å². The molecule has 2 aliphatic rings. The molecule has 1 unspecified atom stereocenters. The number of hydrogen-bond donors (Lipinski definition) is 3. The van der Waals surface area contributed by atoms with Crippen molar-refractivity contribution in [1.29, 1.82) is 0 Å². The van der Waals surface area contributed by atoms with E-state index in [-0.39, 0.29) is 17.2 Å². The van der Waals surface area contributed by atoms with Crippen molar-refractivity contribution < 1.29 is 14.7 Å². The minimum atomic E-state index is -0.631. The minimum absolute atomic E-state index is 0.0559. The van der Waals surface area contributed by atoms with Gasteiger partial charge in [0, 0.05) is 56.5 Å². The number of anilines is 2. The van der Waals surface area contributed by atoms with Gasteiger partial charge in [-0.2, -0.15) is 4.98 Å². The van der Waals surface area contributed by atoms with Crippen molar-refractivity contribution in [3.8, 4) is 5.69 Å². The zero-order valence-electron chi connectivity index (χ0n) is 24.5. The number of amides is 1. The molecule has 4 aromatic rings. The summed E-state index contributed by atoms with van der Waals surface area (Å²) in [5, 5.41) is 13.3. The van der Waals surface area contributed by atoms with Crippen LogP contribution in [0.1, 0.15) is 40.4 Å². The number of hydrogen-bond acceptors (Lipinski definition) is 9. The Bertz CT molecular complexity index is 1680. The molecule has 3 N–H and O–H groups in total. The number of nitrogens with zero attached hydrogens (tertiary/aromatic N) is 5. The number of aryl methyl sites for hydroxylation is 2. The van der Waals surface area contributed by atoms with E-state index in [4.69, 9.17) is 9.82 Å². The number of aliphatic hydroxyl groups is 1. The lowest BCUT2D eigenvalue weighted by Crippen LogP contribution is -2.49. The topological polar surface area (TPSA) is 125 Å². The number of aromatic nitrogens is 3. The number of piperazine rings is 1. The van der Waals surface area contributed by atoms with Crippen molar-refractivity contribution in [3.63, 3.8) is 0 Å². The van der Waals surface area contributed by atoms with E-state index in [0.29, 0.717) is 11.6 Å². The molecule has 43 heavy (non-hydrogen) atoms. The van der Waals surface area contributed by atoms with Crippen LogP contribution in [-0.4, -0.2) is 81.4 Å². The zero-order chi connectivity index (χ0) is 29.9. The van der Waals surface area contributed by atoms with Gasteiger partial charge in [-0.05, 0) is 73.6 Å². The van der Waals surface area contributed by atoms with E-state index in [1.54, 1.807) is 4.57 Å². The summed E-state index contributed by atoms with van der Waals surface area (Å²) in [6.07, 6.45) is 6.69. The van der Waals surface area contributed by atoms with E-state index in [1.807, 2.05) is 25.1 Å². The van der Waals surface area contributed by atoms with Gasteiger partial charge in [-0.15, -0.1) is 0 Å². The molecule has 1 fully saturated rings. The number of rotatable bonds is 9. The first kappa shape index (κ1) is 28.9. The van der Waals surface area contributed by atoms with Gasteiger partial charge in [0.1, 0.15) is 11.8 Å². The van der Waals surface area contributed by atoms with Crippen LogP contribution in [0.25, 0.3) is 16.7 Å². The maximum Gasteiger partial charge on any atom is 0.280 e. The first-order chi connectivity index (χ1) is 20.9. The Labute approximate surface area is 250 Å². The second kappa shape index (κ2) is 12.6. The lowest BCUT2D eigenvalue weighted by atomic mass is 10.1. The number of fused-ring (bicyclic) bond motifs is 2. The van der Waals surface area contributed by atoms with Crippen LogP contribution < -0.4 is 16.2 Å². The molecule has 1 amide bonds. The fraction of sp³-hybridized carbons (Fsp3) is 0.375. The lowest BCUT2D eigenvalue weighted by Gasteiger charge is -2.36. The molecule has 0 bridgehead atoms. The summed E-state index contributed by atoms with van der Waals surface area (Å²) >= 11 is 0. The molecule has 224 valence electrons. The minimum Gasteiger partial charge on any atom is -0.379 e. The van der Waals surface area contributed by atoms with E-state index in [0.717, 1.165) is 69.8 Å². The summed E-state index contributed by atoms with van der Waals surface area (Å²) < 4.78 is 1.77. The Kier molecular flexibility index (Phi) is 8.48. The van der Waals surface area contributed by atoms with Gasteiger partial charge in [-0.3, -0.25) is 19.3 Å². The standard InChI is InChI=1S/C32H37N7O4/c1-21(40)38-16-14-37(15-17-38)13-12-22-6-9-25(10-7-22)34-32-33-19-27-29(41)28(31(42)36-43-2)20-39(30(27)35-32)26-11-8-23-4-3-5-24(23)18-26/h6-11,18-21,40H,3-5,12-17H2,1-2H3,(H,36,42)(H,33,34,35). The number of carbonyl (C=O) groups is 1. The summed E-state index contributed by atoms with van der Waals surface area (Å²) in [5.74, 6) is -0.284. The normalized spacial score (nSPS) is 16.3. The summed E-state index contributed by atoms with van der Waals surface area (Å²) in [7, 11) is 1.33. The fourth-order valence-electron chi connectivity index (χ4n) is 5.92. The van der Waals surface area contributed by atoms with Gasteiger partial charge < -0.3 is 19.9 Å². The predicted molar refractivity (Wildman–Crippen MR) is 165 cm³/mol. The van der Waals surface area contributed by atoms with E-state index in [9.17, 15) is 14.7 Å². The third-order valence-corrected chi connectivity index (χ3v) is 8.41. The second-order valence-electron chi connectivity index (χ2n) is 11.2. The van der Waals surface area contributed by atoms with Gasteiger partial charge in [-0.25, -0.2) is 10.5 Å². The Morgan fingerprint density at radius 1 is 1.07 bits per heavy atom. The SMILES string of the molecule is CONC(=O)c1cn(-c2ccc3c(c2)CCC3)c2nc(Nc3ccc(CCN4CCN(C(C)O)CC4)cc3)ncc2c1=O. The third-order valence-electron chi connectivity index (χ3n) is 8.41. The zero-order valence-corrected chi connectivity index (χ0v) is 24.5. The van der Waals surface area contributed by atoms with E-state index in [1.165, 1.54) is 36.2 Å². The van der Waals surface area contributed by atoms with Gasteiger partial charge >= 0.3 is 0 Å². The van der Waals surface area contributed by atoms with Crippen molar-refractivity contribution in [1.82, 2.24) is 29.8 Å². The largest absolute Gasteiger partial charge is 0.379 e. The Balaban J connectivity index is 1.23. The summed E-state index contributed by atoms with van der Waals surface area (Å²) in [6.45, 7) is 6.47. The van der Waals surface area contributed by atoms with Crippen LogP contribution in [0.2, 0.25) is 0 Å². The van der Waals surface area contributed by atoms with Crippen LogP contribution in [-0.2, 0) is 24.1 Å². The fourth-order valence-corrected chi connectivity index (χ4v) is 5.92. The van der Waals surface area contributed by atoms with Crippen LogP contribution in [0, 0.1) is 0 Å². The van der Waals surface area contributed by atoms with E-state index in [2.05, 4.69) is 49.8 Å². The highest BCUT2D eigenvalue weighted by Crippen LogP contribution is 2.26. The number of benzene rings is 2. The maximum atomic E-state index is 13.3. The second-order valence-corrected chi connectivity index (χ2v) is 11.2. The number of hydroxylamine groups is 1. The number of pyridine rings is 1. The van der Waals surface area contributed by atoms with Gasteiger partial charge in [0.05, 0.1) is 12.5 Å². The predicted octanol–water partition coefficient (Wildman–Crippen LogP) is 2.80. The molecule has 0 saturated carbocycles. The van der Waals surface area contributed by atoms with Crippen LogP contribution in [0.5, 0.6) is 0 Å². The van der Waals surface area contributed by atoms with Crippen molar-refractivity contribution >= 4 is 28.6 Å². The first-order valence-electron chi connectivity index (χ1n) is 14.8. The Morgan fingerprint density at radius 3 is 2.58 bits per heavy atom. The van der Waals surface area contributed by atoms with Crippen LogP contribution >= 0.6 is 0 Å². The van der Waals surface area contributed by atoms with Crippen molar-refractivity contribution in [2.75, 3.05) is 45.2 Å². The van der Waals surface area contributed by atoms with Crippen LogP contribution in [0.4, 0.5) is 11.6 Å². The monoisotopic (exact) mass is 583 g/mol. The quantitative estimate of drug-likeness (QED) is 0.255. The molecule has 1 atom stereocenters. The van der Waals surface area contributed by atoms with E-state index < -0.39 is 11.3 Å². The highest BCUT2D eigenvalue weighted by Gasteiger charge is 2.21. The third kappa shape index (κ3) is 6.30. The molecule has 2 aromatic heterocycles. The van der Waals surface area contributed by atoms with E-state index >= 15 is 0 Å². The van der Waals surface area contributed by atoms with Gasteiger partial charge in [0.2, 0.25) is 11.4 Å². The summed E-state index contributed by atoms with van der Waals surface area (Å²) in [6, 6.07) is 14.4. The van der Waals surface area contributed by atoms with Gasteiger partial charge in [-0.1, -0.05) is 18.2 Å². The molecule has 11 nitrogen and oxygen atoms in total. The molecule has 6 rings (SSSR count). The summed E-state index contributed by atoms with van der Waals surface area (Å²) in [4.78, 5) is 44.4. The average Bonchev–Trinajstić information content (AvgIpc) is 3.49. The molecular formula is C32H37N7O4. The smallest absolute Gasteiger partial charge is 0.280 e. The first-order valence-corrected chi connectivity index (χ1v) is 14.8. The lowest BCUT2D eigenvalue weighted by molar-refractivity contribution is -0.0124. The highest BCUT2D eigenvalue weighted by atomic mass is 16.6. The van der Waals surface area contributed by atoms with Crippen molar-refractivity contribution in [2.45, 2.75) is 38.8 Å².